The Bertz CT molecular complexity index is 1310. The lowest BCUT2D eigenvalue weighted by molar-refractivity contribution is -0.124. The van der Waals surface area contributed by atoms with Gasteiger partial charge in [-0.1, -0.05) is 41.9 Å². The highest BCUT2D eigenvalue weighted by Gasteiger charge is 2.37. The second-order valence-corrected chi connectivity index (χ2v) is 12.2. The molecular weight excluding hydrogens is 518 g/mol. The Morgan fingerprint density at radius 2 is 1.83 bits per heavy atom. The van der Waals surface area contributed by atoms with Gasteiger partial charge < -0.3 is 10.6 Å². The van der Waals surface area contributed by atoms with Crippen LogP contribution in [0, 0.1) is 0 Å². The van der Waals surface area contributed by atoms with Gasteiger partial charge in [-0.3, -0.25) is 9.59 Å². The summed E-state index contributed by atoms with van der Waals surface area (Å²) in [4.78, 5) is 26.9. The number of nitrogens with one attached hydrogen (secondary N) is 2. The molecule has 10 heteroatoms. The van der Waals surface area contributed by atoms with Crippen LogP contribution in [0.3, 0.4) is 0 Å². The van der Waals surface area contributed by atoms with Crippen molar-refractivity contribution in [3.8, 4) is 0 Å². The van der Waals surface area contributed by atoms with Gasteiger partial charge in [-0.25, -0.2) is 8.42 Å². The molecule has 0 radical (unpaired) electrons. The zero-order valence-corrected chi connectivity index (χ0v) is 22.2. The highest BCUT2D eigenvalue weighted by molar-refractivity contribution is 7.89. The standard InChI is InChI=1S/C26H28ClN3O4S2/c1-18(19-7-3-2-4-8-19)29-26(32)24-15-12-21(35-24)17-30(23-9-5-6-16-28-25(23)31)36(33,34)22-13-10-20(27)11-14-22/h2-4,7-8,10-15,18,23H,5-6,9,16-17H2,1H3,(H,28,31)(H,29,32)/t18-,23-/m1/s1. The van der Waals surface area contributed by atoms with Crippen molar-refractivity contribution in [2.24, 2.45) is 0 Å². The monoisotopic (exact) mass is 545 g/mol. The van der Waals surface area contributed by atoms with E-state index in [1.165, 1.54) is 39.9 Å². The topological polar surface area (TPSA) is 95.6 Å². The van der Waals surface area contributed by atoms with Gasteiger partial charge >= 0.3 is 0 Å². The zero-order valence-electron chi connectivity index (χ0n) is 19.8. The average molecular weight is 546 g/mol. The molecule has 2 atom stereocenters. The number of benzene rings is 2. The van der Waals surface area contributed by atoms with E-state index in [0.717, 1.165) is 18.4 Å². The summed E-state index contributed by atoms with van der Waals surface area (Å²) in [6.07, 6.45) is 1.94. The molecule has 4 rings (SSSR count). The van der Waals surface area contributed by atoms with Gasteiger partial charge in [0.1, 0.15) is 6.04 Å². The molecule has 1 aromatic heterocycles. The summed E-state index contributed by atoms with van der Waals surface area (Å²) in [7, 11) is -4.01. The van der Waals surface area contributed by atoms with Gasteiger partial charge in [-0.15, -0.1) is 11.3 Å². The first kappa shape index (κ1) is 26.3. The first-order valence-electron chi connectivity index (χ1n) is 11.8. The highest BCUT2D eigenvalue weighted by Crippen LogP contribution is 2.28. The zero-order chi connectivity index (χ0) is 25.7. The number of carbonyl (C=O) groups excluding carboxylic acids is 2. The van der Waals surface area contributed by atoms with Crippen molar-refractivity contribution >= 4 is 44.8 Å². The van der Waals surface area contributed by atoms with Gasteiger partial charge in [0, 0.05) is 23.0 Å². The van der Waals surface area contributed by atoms with Crippen molar-refractivity contribution in [2.45, 2.75) is 49.7 Å². The fourth-order valence-electron chi connectivity index (χ4n) is 4.13. The van der Waals surface area contributed by atoms with Gasteiger partial charge in [0.25, 0.3) is 5.91 Å². The molecule has 1 aliphatic heterocycles. The third-order valence-electron chi connectivity index (χ3n) is 6.12. The van der Waals surface area contributed by atoms with E-state index in [0.29, 0.717) is 27.7 Å². The predicted molar refractivity (Wildman–Crippen MR) is 141 cm³/mol. The molecule has 0 saturated carbocycles. The minimum absolute atomic E-state index is 0.0186. The quantitative estimate of drug-likeness (QED) is 0.427. The van der Waals surface area contributed by atoms with Gasteiger partial charge in [0.15, 0.2) is 0 Å². The number of rotatable bonds is 8. The number of amides is 2. The van der Waals surface area contributed by atoms with Crippen LogP contribution in [0.25, 0.3) is 0 Å². The van der Waals surface area contributed by atoms with Crippen LogP contribution >= 0.6 is 22.9 Å². The number of sulfonamides is 1. The summed E-state index contributed by atoms with van der Waals surface area (Å²) >= 11 is 7.18. The molecule has 190 valence electrons. The van der Waals surface area contributed by atoms with E-state index < -0.39 is 16.1 Å². The van der Waals surface area contributed by atoms with E-state index in [1.54, 1.807) is 12.1 Å². The molecular formula is C26H28ClN3O4S2. The minimum atomic E-state index is -4.01. The van der Waals surface area contributed by atoms with Crippen LogP contribution in [0.1, 0.15) is 52.3 Å². The lowest BCUT2D eigenvalue weighted by Gasteiger charge is -2.28. The third-order valence-corrected chi connectivity index (χ3v) is 9.31. The van der Waals surface area contributed by atoms with Crippen LogP contribution in [0.5, 0.6) is 0 Å². The summed E-state index contributed by atoms with van der Waals surface area (Å²) in [5.74, 6) is -0.543. The van der Waals surface area contributed by atoms with Crippen molar-refractivity contribution in [1.29, 1.82) is 0 Å². The molecule has 0 spiro atoms. The van der Waals surface area contributed by atoms with E-state index in [1.807, 2.05) is 37.3 Å². The van der Waals surface area contributed by atoms with Crippen molar-refractivity contribution < 1.29 is 18.0 Å². The number of halogens is 1. The van der Waals surface area contributed by atoms with E-state index in [9.17, 15) is 18.0 Å². The maximum Gasteiger partial charge on any atom is 0.261 e. The summed E-state index contributed by atoms with van der Waals surface area (Å²) in [5.41, 5.74) is 0.988. The summed E-state index contributed by atoms with van der Waals surface area (Å²) < 4.78 is 28.6. The molecule has 3 aromatic rings. The van der Waals surface area contributed by atoms with Gasteiger partial charge in [0.05, 0.1) is 15.8 Å². The molecule has 1 aliphatic rings. The largest absolute Gasteiger partial charge is 0.355 e. The molecule has 0 aliphatic carbocycles. The lowest BCUT2D eigenvalue weighted by Crippen LogP contribution is -2.48. The Balaban J connectivity index is 1.58. The summed E-state index contributed by atoms with van der Waals surface area (Å²) in [5, 5.41) is 6.23. The van der Waals surface area contributed by atoms with Gasteiger partial charge in [0.2, 0.25) is 15.9 Å². The van der Waals surface area contributed by atoms with Crippen molar-refractivity contribution in [3.63, 3.8) is 0 Å². The summed E-state index contributed by atoms with van der Waals surface area (Å²) in [6.45, 7) is 2.41. The maximum absolute atomic E-state index is 13.7. The maximum atomic E-state index is 13.7. The second-order valence-electron chi connectivity index (χ2n) is 8.68. The number of hydrogen-bond donors (Lipinski definition) is 2. The Kier molecular flexibility index (Phi) is 8.46. The molecule has 2 amide bonds. The van der Waals surface area contributed by atoms with E-state index in [2.05, 4.69) is 10.6 Å². The van der Waals surface area contributed by atoms with Gasteiger partial charge in [-0.05, 0) is 68.1 Å². The minimum Gasteiger partial charge on any atom is -0.355 e. The molecule has 1 saturated heterocycles. The van der Waals surface area contributed by atoms with E-state index >= 15 is 0 Å². The fourth-order valence-corrected chi connectivity index (χ4v) is 6.85. The van der Waals surface area contributed by atoms with Crippen LogP contribution in [0.2, 0.25) is 5.02 Å². The van der Waals surface area contributed by atoms with Crippen LogP contribution in [-0.4, -0.2) is 37.1 Å². The van der Waals surface area contributed by atoms with Crippen molar-refractivity contribution in [1.82, 2.24) is 14.9 Å². The lowest BCUT2D eigenvalue weighted by atomic mass is 10.1. The van der Waals surface area contributed by atoms with Crippen molar-refractivity contribution in [2.75, 3.05) is 6.54 Å². The molecule has 0 bridgehead atoms. The van der Waals surface area contributed by atoms with Gasteiger partial charge in [-0.2, -0.15) is 4.31 Å². The van der Waals surface area contributed by atoms with Crippen molar-refractivity contribution in [3.05, 3.63) is 87.1 Å². The van der Waals surface area contributed by atoms with Crippen LogP contribution in [-0.2, 0) is 21.4 Å². The fraction of sp³-hybridized carbons (Fsp3) is 0.308. The molecule has 0 unspecified atom stereocenters. The SMILES string of the molecule is C[C@@H](NC(=O)c1ccc(CN([C@@H]2CCCCNC2=O)S(=O)(=O)c2ccc(Cl)cc2)s1)c1ccccc1. The number of nitrogens with zero attached hydrogens (tertiary/aromatic N) is 1. The number of hydrogen-bond acceptors (Lipinski definition) is 5. The Morgan fingerprint density at radius 3 is 2.56 bits per heavy atom. The molecule has 2 N–H and O–H groups in total. The highest BCUT2D eigenvalue weighted by atomic mass is 35.5. The van der Waals surface area contributed by atoms with E-state index in [4.69, 9.17) is 11.6 Å². The Morgan fingerprint density at radius 1 is 1.11 bits per heavy atom. The molecule has 1 fully saturated rings. The molecule has 36 heavy (non-hydrogen) atoms. The molecule has 2 aromatic carbocycles. The second kappa shape index (κ2) is 11.6. The summed E-state index contributed by atoms with van der Waals surface area (Å²) in [6, 6.07) is 18.0. The Labute approximate surface area is 220 Å². The number of carbonyl (C=O) groups is 2. The molecule has 7 nitrogen and oxygen atoms in total. The normalized spacial score (nSPS) is 17.3. The predicted octanol–water partition coefficient (Wildman–Crippen LogP) is 4.75. The number of thiophene rings is 1. The Hall–Kier alpha value is -2.72. The van der Waals surface area contributed by atoms with Crippen LogP contribution in [0.4, 0.5) is 0 Å². The van der Waals surface area contributed by atoms with Crippen LogP contribution < -0.4 is 10.6 Å². The first-order chi connectivity index (χ1) is 17.3. The molecule has 2 heterocycles. The van der Waals surface area contributed by atoms with E-state index in [-0.39, 0.29) is 29.3 Å². The van der Waals surface area contributed by atoms with Crippen LogP contribution in [0.15, 0.2) is 71.6 Å². The first-order valence-corrected chi connectivity index (χ1v) is 14.4. The smallest absolute Gasteiger partial charge is 0.261 e. The third kappa shape index (κ3) is 6.15. The average Bonchev–Trinajstić information content (AvgIpc) is 3.24.